The van der Waals surface area contributed by atoms with E-state index in [1.807, 2.05) is 13.8 Å². The van der Waals surface area contributed by atoms with Crippen molar-refractivity contribution in [2.24, 2.45) is 0 Å². The van der Waals surface area contributed by atoms with Crippen molar-refractivity contribution in [3.05, 3.63) is 11.6 Å². The molecule has 0 atom stereocenters. The number of carbonyl (C=O) groups is 1. The molecule has 0 unspecified atom stereocenters. The second kappa shape index (κ2) is 5.60. The van der Waals surface area contributed by atoms with Gasteiger partial charge < -0.3 is 9.64 Å². The van der Waals surface area contributed by atoms with E-state index in [-0.39, 0.29) is 17.8 Å². The van der Waals surface area contributed by atoms with Crippen LogP contribution in [0.2, 0.25) is 0 Å². The minimum Gasteiger partial charge on any atom is -0.377 e. The number of amides is 1. The van der Waals surface area contributed by atoms with E-state index in [2.05, 4.69) is 15.2 Å². The van der Waals surface area contributed by atoms with Gasteiger partial charge in [0.2, 0.25) is 5.82 Å². The van der Waals surface area contributed by atoms with Gasteiger partial charge >= 0.3 is 0 Å². The largest absolute Gasteiger partial charge is 0.377 e. The third kappa shape index (κ3) is 3.62. The highest BCUT2D eigenvalue weighted by Crippen LogP contribution is 1.97. The molecule has 0 fully saturated rings. The highest BCUT2D eigenvalue weighted by Gasteiger charge is 2.15. The molecule has 0 saturated heterocycles. The number of H-pyrrole nitrogens is 1. The Labute approximate surface area is 95.0 Å². The van der Waals surface area contributed by atoms with Crippen LogP contribution in [0.4, 0.5) is 0 Å². The van der Waals surface area contributed by atoms with Crippen molar-refractivity contribution in [2.75, 3.05) is 20.2 Å². The Bertz CT molecular complexity index is 348. The maximum atomic E-state index is 11.8. The lowest BCUT2D eigenvalue weighted by Crippen LogP contribution is -2.31. The average molecular weight is 226 g/mol. The molecule has 0 aliphatic heterocycles. The van der Waals surface area contributed by atoms with Gasteiger partial charge in [0.1, 0.15) is 5.82 Å². The number of hydrogen-bond acceptors (Lipinski definition) is 4. The monoisotopic (exact) mass is 226 g/mol. The first-order valence-electron chi connectivity index (χ1n) is 5.26. The standard InChI is InChI=1S/C10H18N4O2/c1-7(2)16-6-5-14(4)10(15)9-11-8(3)12-13-9/h7H,5-6H2,1-4H3,(H,11,12,13). The summed E-state index contributed by atoms with van der Waals surface area (Å²) in [6, 6.07) is 0. The van der Waals surface area contributed by atoms with E-state index < -0.39 is 0 Å². The maximum absolute atomic E-state index is 11.8. The van der Waals surface area contributed by atoms with Gasteiger partial charge in [0.25, 0.3) is 5.91 Å². The first kappa shape index (κ1) is 12.6. The molecule has 6 heteroatoms. The van der Waals surface area contributed by atoms with Gasteiger partial charge in [-0.05, 0) is 20.8 Å². The Morgan fingerprint density at radius 2 is 2.25 bits per heavy atom. The smallest absolute Gasteiger partial charge is 0.293 e. The summed E-state index contributed by atoms with van der Waals surface area (Å²) in [5, 5.41) is 6.45. The molecule has 1 heterocycles. The van der Waals surface area contributed by atoms with Crippen LogP contribution in [-0.2, 0) is 4.74 Å². The molecule has 0 radical (unpaired) electrons. The third-order valence-electron chi connectivity index (χ3n) is 2.01. The van der Waals surface area contributed by atoms with Gasteiger partial charge in [0.15, 0.2) is 0 Å². The van der Waals surface area contributed by atoms with Crippen molar-refractivity contribution < 1.29 is 9.53 Å². The van der Waals surface area contributed by atoms with E-state index in [0.717, 1.165) is 0 Å². The van der Waals surface area contributed by atoms with E-state index in [1.165, 1.54) is 0 Å². The summed E-state index contributed by atoms with van der Waals surface area (Å²) < 4.78 is 5.36. The molecule has 1 amide bonds. The molecule has 6 nitrogen and oxygen atoms in total. The Balaban J connectivity index is 2.42. The second-order valence-electron chi connectivity index (χ2n) is 3.89. The third-order valence-corrected chi connectivity index (χ3v) is 2.01. The highest BCUT2D eigenvalue weighted by atomic mass is 16.5. The van der Waals surface area contributed by atoms with Crippen LogP contribution in [0.25, 0.3) is 0 Å². The number of hydrogen-bond donors (Lipinski definition) is 1. The minimum absolute atomic E-state index is 0.175. The van der Waals surface area contributed by atoms with Gasteiger partial charge in [-0.15, -0.1) is 5.10 Å². The number of carbonyl (C=O) groups excluding carboxylic acids is 1. The number of nitrogens with one attached hydrogen (secondary N) is 1. The summed E-state index contributed by atoms with van der Waals surface area (Å²) in [6.07, 6.45) is 0.175. The first-order chi connectivity index (χ1) is 7.50. The van der Waals surface area contributed by atoms with E-state index in [9.17, 15) is 4.79 Å². The Morgan fingerprint density at radius 3 is 2.75 bits per heavy atom. The van der Waals surface area contributed by atoms with Gasteiger partial charge in [-0.2, -0.15) is 0 Å². The highest BCUT2D eigenvalue weighted by molar-refractivity contribution is 5.90. The van der Waals surface area contributed by atoms with Gasteiger partial charge in [0, 0.05) is 13.6 Å². The fourth-order valence-electron chi connectivity index (χ4n) is 1.14. The molecule has 1 aromatic heterocycles. The SMILES string of the molecule is Cc1nc(C(=O)N(C)CCOC(C)C)n[nH]1. The number of ether oxygens (including phenoxy) is 1. The molecule has 1 N–H and O–H groups in total. The Kier molecular flexibility index (Phi) is 4.42. The molecule has 90 valence electrons. The summed E-state index contributed by atoms with van der Waals surface area (Å²) in [4.78, 5) is 17.3. The van der Waals surface area contributed by atoms with Crippen LogP contribution in [-0.4, -0.2) is 52.3 Å². The van der Waals surface area contributed by atoms with Crippen LogP contribution in [0, 0.1) is 6.92 Å². The van der Waals surface area contributed by atoms with Crippen molar-refractivity contribution in [3.8, 4) is 0 Å². The van der Waals surface area contributed by atoms with Crippen molar-refractivity contribution in [1.29, 1.82) is 0 Å². The van der Waals surface area contributed by atoms with Gasteiger partial charge in [-0.25, -0.2) is 4.98 Å². The lowest BCUT2D eigenvalue weighted by molar-refractivity contribution is 0.0526. The lowest BCUT2D eigenvalue weighted by atomic mass is 10.4. The molecule has 0 saturated carbocycles. The van der Waals surface area contributed by atoms with Crippen LogP contribution in [0.3, 0.4) is 0 Å². The second-order valence-corrected chi connectivity index (χ2v) is 3.89. The average Bonchev–Trinajstić information content (AvgIpc) is 2.63. The molecular formula is C10H18N4O2. The van der Waals surface area contributed by atoms with E-state index in [1.54, 1.807) is 18.9 Å². The van der Waals surface area contributed by atoms with Crippen LogP contribution < -0.4 is 0 Å². The van der Waals surface area contributed by atoms with Gasteiger partial charge in [0.05, 0.1) is 12.7 Å². The molecule has 1 rings (SSSR count). The molecule has 16 heavy (non-hydrogen) atoms. The number of aryl methyl sites for hydroxylation is 1. The molecule has 0 spiro atoms. The summed E-state index contributed by atoms with van der Waals surface area (Å²) in [7, 11) is 1.71. The topological polar surface area (TPSA) is 71.1 Å². The lowest BCUT2D eigenvalue weighted by Gasteiger charge is -2.16. The summed E-state index contributed by atoms with van der Waals surface area (Å²) in [5.74, 6) is 0.636. The zero-order valence-electron chi connectivity index (χ0n) is 10.1. The molecule has 0 aliphatic rings. The number of aromatic amines is 1. The zero-order valence-corrected chi connectivity index (χ0v) is 10.1. The zero-order chi connectivity index (χ0) is 12.1. The summed E-state index contributed by atoms with van der Waals surface area (Å²) >= 11 is 0. The molecule has 0 aromatic carbocycles. The molecule has 0 bridgehead atoms. The van der Waals surface area contributed by atoms with Gasteiger partial charge in [-0.3, -0.25) is 9.89 Å². The predicted molar refractivity (Wildman–Crippen MR) is 59.2 cm³/mol. The fraction of sp³-hybridized carbons (Fsp3) is 0.700. The van der Waals surface area contributed by atoms with Crippen molar-refractivity contribution in [1.82, 2.24) is 20.1 Å². The van der Waals surface area contributed by atoms with Crippen LogP contribution in [0.1, 0.15) is 30.3 Å². The van der Waals surface area contributed by atoms with E-state index >= 15 is 0 Å². The predicted octanol–water partition coefficient (Wildman–Crippen LogP) is 0.610. The molecule has 0 aliphatic carbocycles. The Hall–Kier alpha value is -1.43. The van der Waals surface area contributed by atoms with Gasteiger partial charge in [-0.1, -0.05) is 0 Å². The maximum Gasteiger partial charge on any atom is 0.293 e. The van der Waals surface area contributed by atoms with Crippen molar-refractivity contribution >= 4 is 5.91 Å². The van der Waals surface area contributed by atoms with Crippen LogP contribution in [0.15, 0.2) is 0 Å². The fourth-order valence-corrected chi connectivity index (χ4v) is 1.14. The summed E-state index contributed by atoms with van der Waals surface area (Å²) in [6.45, 7) is 6.72. The van der Waals surface area contributed by atoms with E-state index in [4.69, 9.17) is 4.74 Å². The molecular weight excluding hydrogens is 208 g/mol. The quantitative estimate of drug-likeness (QED) is 0.798. The summed E-state index contributed by atoms with van der Waals surface area (Å²) in [5.41, 5.74) is 0. The van der Waals surface area contributed by atoms with Crippen molar-refractivity contribution in [2.45, 2.75) is 26.9 Å². The first-order valence-corrected chi connectivity index (χ1v) is 5.26. The van der Waals surface area contributed by atoms with Crippen LogP contribution >= 0.6 is 0 Å². The number of aromatic nitrogens is 3. The minimum atomic E-state index is -0.197. The number of rotatable bonds is 5. The molecule has 1 aromatic rings. The number of likely N-dealkylation sites (N-methyl/N-ethyl adjacent to an activating group) is 1. The number of nitrogens with zero attached hydrogens (tertiary/aromatic N) is 3. The van der Waals surface area contributed by atoms with E-state index in [0.29, 0.717) is 19.0 Å². The van der Waals surface area contributed by atoms with Crippen LogP contribution in [0.5, 0.6) is 0 Å². The normalized spacial score (nSPS) is 10.8. The van der Waals surface area contributed by atoms with Crippen molar-refractivity contribution in [3.63, 3.8) is 0 Å². The Morgan fingerprint density at radius 1 is 1.56 bits per heavy atom.